The first-order valence-electron chi connectivity index (χ1n) is 6.63. The summed E-state index contributed by atoms with van der Waals surface area (Å²) in [7, 11) is 1.60. The van der Waals surface area contributed by atoms with E-state index in [1.54, 1.807) is 14.0 Å². The van der Waals surface area contributed by atoms with Crippen molar-refractivity contribution in [3.05, 3.63) is 10.6 Å². The Labute approximate surface area is 124 Å². The van der Waals surface area contributed by atoms with Crippen molar-refractivity contribution in [2.24, 2.45) is 0 Å². The maximum Gasteiger partial charge on any atom is 0.416 e. The van der Waals surface area contributed by atoms with Gasteiger partial charge in [0.1, 0.15) is 5.60 Å². The van der Waals surface area contributed by atoms with Gasteiger partial charge in [0.15, 0.2) is 10.9 Å². The lowest BCUT2D eigenvalue weighted by molar-refractivity contribution is 0.0589. The number of aromatic nitrogens is 1. The highest BCUT2D eigenvalue weighted by Crippen LogP contribution is 2.27. The molecule has 20 heavy (non-hydrogen) atoms. The minimum absolute atomic E-state index is 0.0753. The van der Waals surface area contributed by atoms with Crippen LogP contribution in [-0.2, 0) is 4.74 Å². The van der Waals surface area contributed by atoms with Crippen LogP contribution >= 0.6 is 11.3 Å². The van der Waals surface area contributed by atoms with Gasteiger partial charge < -0.3 is 4.74 Å². The molecule has 0 saturated carbocycles. The molecule has 5 nitrogen and oxygen atoms in total. The number of ketones is 1. The topological polar surface area (TPSA) is 59.5 Å². The summed E-state index contributed by atoms with van der Waals surface area (Å²) < 4.78 is 5.28. The fourth-order valence-electron chi connectivity index (χ4n) is 1.53. The summed E-state index contributed by atoms with van der Waals surface area (Å²) in [5.41, 5.74) is 0.109. The Kier molecular flexibility index (Phi) is 5.28. The first kappa shape index (κ1) is 16.6. The van der Waals surface area contributed by atoms with Crippen molar-refractivity contribution >= 4 is 28.3 Å². The minimum Gasteiger partial charge on any atom is -0.443 e. The summed E-state index contributed by atoms with van der Waals surface area (Å²) in [6, 6.07) is 0. The molecular weight excluding hydrogens is 276 g/mol. The fraction of sp³-hybridized carbons (Fsp3) is 0.643. The molecule has 112 valence electrons. The molecule has 0 atom stereocenters. The van der Waals surface area contributed by atoms with Crippen LogP contribution in [0.4, 0.5) is 9.93 Å². The van der Waals surface area contributed by atoms with Crippen LogP contribution in [0, 0.1) is 6.92 Å². The van der Waals surface area contributed by atoms with Crippen LogP contribution in [0.25, 0.3) is 0 Å². The van der Waals surface area contributed by atoms with Crippen molar-refractivity contribution in [2.45, 2.75) is 53.1 Å². The lowest BCUT2D eigenvalue weighted by Crippen LogP contribution is -2.34. The third kappa shape index (κ3) is 4.30. The van der Waals surface area contributed by atoms with Crippen LogP contribution in [0.1, 0.15) is 55.9 Å². The number of thiazole rings is 1. The van der Waals surface area contributed by atoms with Crippen LogP contribution in [-0.4, -0.2) is 29.5 Å². The summed E-state index contributed by atoms with van der Waals surface area (Å²) >= 11 is 1.23. The van der Waals surface area contributed by atoms with Crippen LogP contribution in [0.2, 0.25) is 0 Å². The number of aryl methyl sites for hydroxylation is 1. The summed E-state index contributed by atoms with van der Waals surface area (Å²) in [6.45, 7) is 9.17. The number of carbonyl (C=O) groups is 2. The van der Waals surface area contributed by atoms with Gasteiger partial charge in [-0.05, 0) is 34.1 Å². The highest BCUT2D eigenvalue weighted by atomic mass is 32.1. The Morgan fingerprint density at radius 1 is 1.35 bits per heavy atom. The number of anilines is 1. The van der Waals surface area contributed by atoms with E-state index in [0.29, 0.717) is 22.1 Å². The van der Waals surface area contributed by atoms with Gasteiger partial charge in [0.2, 0.25) is 0 Å². The molecule has 0 aliphatic carbocycles. The molecule has 0 bridgehead atoms. The zero-order chi connectivity index (χ0) is 15.5. The first-order chi connectivity index (χ1) is 9.15. The van der Waals surface area contributed by atoms with Crippen LogP contribution in [0.15, 0.2) is 0 Å². The Bertz CT molecular complexity index is 503. The van der Waals surface area contributed by atoms with Gasteiger partial charge in [0.25, 0.3) is 0 Å². The van der Waals surface area contributed by atoms with Gasteiger partial charge in [-0.1, -0.05) is 18.3 Å². The number of rotatable bonds is 4. The molecule has 1 heterocycles. The highest BCUT2D eigenvalue weighted by molar-refractivity contribution is 7.17. The van der Waals surface area contributed by atoms with E-state index in [1.807, 2.05) is 27.7 Å². The summed E-state index contributed by atoms with van der Waals surface area (Å²) in [4.78, 5) is 30.1. The quantitative estimate of drug-likeness (QED) is 0.793. The van der Waals surface area contributed by atoms with Crippen LogP contribution < -0.4 is 4.90 Å². The molecule has 0 aliphatic rings. The van der Waals surface area contributed by atoms with Crippen LogP contribution in [0.5, 0.6) is 0 Å². The average Bonchev–Trinajstić information content (AvgIpc) is 2.68. The second-order valence-corrected chi connectivity index (χ2v) is 6.60. The van der Waals surface area contributed by atoms with Crippen LogP contribution in [0.3, 0.4) is 0 Å². The van der Waals surface area contributed by atoms with E-state index in [2.05, 4.69) is 4.98 Å². The van der Waals surface area contributed by atoms with E-state index < -0.39 is 11.7 Å². The molecule has 1 rings (SSSR count). The predicted molar refractivity (Wildman–Crippen MR) is 80.7 cm³/mol. The number of Topliss-reactive ketones (excluding diaryl/α,β-unsaturated/α-hetero) is 1. The van der Waals surface area contributed by atoms with Gasteiger partial charge in [0, 0.05) is 13.5 Å². The summed E-state index contributed by atoms with van der Waals surface area (Å²) in [6.07, 6.45) is 0.826. The predicted octanol–water partition coefficient (Wildman–Crippen LogP) is 3.81. The van der Waals surface area contributed by atoms with Gasteiger partial charge >= 0.3 is 6.09 Å². The molecule has 1 amide bonds. The van der Waals surface area contributed by atoms with E-state index in [-0.39, 0.29) is 5.78 Å². The number of nitrogens with zero attached hydrogens (tertiary/aromatic N) is 2. The lowest BCUT2D eigenvalue weighted by Gasteiger charge is -2.23. The number of amides is 1. The van der Waals surface area contributed by atoms with Crippen molar-refractivity contribution in [3.8, 4) is 0 Å². The van der Waals surface area contributed by atoms with Crippen molar-refractivity contribution < 1.29 is 14.3 Å². The Hall–Kier alpha value is -1.43. The zero-order valence-corrected chi connectivity index (χ0v) is 13.8. The first-order valence-corrected chi connectivity index (χ1v) is 7.44. The smallest absolute Gasteiger partial charge is 0.416 e. The molecular formula is C14H22N2O3S. The molecule has 0 fully saturated rings. The SMILES string of the molecule is CCCC(=O)c1sc(N(C)C(=O)OC(C)(C)C)nc1C. The average molecular weight is 298 g/mol. The second-order valence-electron chi connectivity index (χ2n) is 5.62. The maximum atomic E-state index is 12.0. The number of carbonyl (C=O) groups excluding carboxylic acids is 2. The Morgan fingerprint density at radius 2 is 1.95 bits per heavy atom. The van der Waals surface area contributed by atoms with Crippen molar-refractivity contribution in [1.29, 1.82) is 0 Å². The molecule has 1 aromatic rings. The molecule has 0 N–H and O–H groups in total. The number of hydrogen-bond donors (Lipinski definition) is 0. The van der Waals surface area contributed by atoms with Gasteiger partial charge in [-0.25, -0.2) is 9.78 Å². The fourth-order valence-corrected chi connectivity index (χ4v) is 2.52. The summed E-state index contributed by atoms with van der Waals surface area (Å²) in [5.74, 6) is 0.0753. The van der Waals surface area contributed by atoms with Gasteiger partial charge in [-0.15, -0.1) is 0 Å². The van der Waals surface area contributed by atoms with E-state index in [1.165, 1.54) is 16.2 Å². The van der Waals surface area contributed by atoms with E-state index in [0.717, 1.165) is 6.42 Å². The lowest BCUT2D eigenvalue weighted by atomic mass is 10.2. The molecule has 0 saturated heterocycles. The number of hydrogen-bond acceptors (Lipinski definition) is 5. The Balaban J connectivity index is 2.90. The monoisotopic (exact) mass is 298 g/mol. The molecule has 0 unspecified atom stereocenters. The second kappa shape index (κ2) is 6.35. The van der Waals surface area contributed by atoms with E-state index in [4.69, 9.17) is 4.74 Å². The third-order valence-electron chi connectivity index (χ3n) is 2.47. The molecule has 0 aromatic carbocycles. The van der Waals surface area contributed by atoms with Gasteiger partial charge in [-0.2, -0.15) is 0 Å². The van der Waals surface area contributed by atoms with Crippen molar-refractivity contribution in [3.63, 3.8) is 0 Å². The largest absolute Gasteiger partial charge is 0.443 e. The molecule has 0 radical (unpaired) electrons. The molecule has 0 spiro atoms. The molecule has 6 heteroatoms. The van der Waals surface area contributed by atoms with Crippen molar-refractivity contribution in [2.75, 3.05) is 11.9 Å². The van der Waals surface area contributed by atoms with Crippen molar-refractivity contribution in [1.82, 2.24) is 4.98 Å². The highest BCUT2D eigenvalue weighted by Gasteiger charge is 2.24. The Morgan fingerprint density at radius 3 is 2.45 bits per heavy atom. The minimum atomic E-state index is -0.557. The standard InChI is InChI=1S/C14H22N2O3S/c1-7-8-10(17)11-9(2)15-12(20-11)16(6)13(18)19-14(3,4)5/h7-8H2,1-6H3. The van der Waals surface area contributed by atoms with Gasteiger partial charge in [0.05, 0.1) is 10.6 Å². The third-order valence-corrected chi connectivity index (χ3v) is 3.74. The van der Waals surface area contributed by atoms with E-state index >= 15 is 0 Å². The number of ether oxygens (including phenoxy) is 1. The summed E-state index contributed by atoms with van der Waals surface area (Å²) in [5, 5.41) is 0.483. The zero-order valence-electron chi connectivity index (χ0n) is 12.9. The normalized spacial score (nSPS) is 11.3. The van der Waals surface area contributed by atoms with Gasteiger partial charge in [-0.3, -0.25) is 9.69 Å². The van der Waals surface area contributed by atoms with E-state index in [9.17, 15) is 9.59 Å². The molecule has 0 aliphatic heterocycles. The molecule has 1 aromatic heterocycles. The maximum absolute atomic E-state index is 12.0.